The highest BCUT2D eigenvalue weighted by Gasteiger charge is 1.99. The van der Waals surface area contributed by atoms with Gasteiger partial charge < -0.3 is 4.98 Å². The third-order valence-electron chi connectivity index (χ3n) is 3.66. The molecule has 0 atom stereocenters. The van der Waals surface area contributed by atoms with Crippen LogP contribution in [0.5, 0.6) is 0 Å². The number of benzene rings is 2. The van der Waals surface area contributed by atoms with Gasteiger partial charge in [0.2, 0.25) is 0 Å². The second kappa shape index (κ2) is 5.43. The zero-order chi connectivity index (χ0) is 14.9. The van der Waals surface area contributed by atoms with Gasteiger partial charge in [0.15, 0.2) is 0 Å². The van der Waals surface area contributed by atoms with Crippen molar-refractivity contribution < 1.29 is 0 Å². The van der Waals surface area contributed by atoms with Gasteiger partial charge in [-0.15, -0.1) is 0 Å². The van der Waals surface area contributed by atoms with Crippen LogP contribution in [0.2, 0.25) is 0 Å². The Morgan fingerprint density at radius 2 is 1.73 bits per heavy atom. The van der Waals surface area contributed by atoms with Gasteiger partial charge in [0.1, 0.15) is 0 Å². The van der Waals surface area contributed by atoms with Gasteiger partial charge in [0.25, 0.3) is 0 Å². The Morgan fingerprint density at radius 1 is 0.864 bits per heavy atom. The number of aromatic amines is 1. The van der Waals surface area contributed by atoms with Crippen LogP contribution < -0.4 is 0 Å². The molecule has 0 saturated heterocycles. The lowest BCUT2D eigenvalue weighted by Crippen LogP contribution is -1.82. The Morgan fingerprint density at radius 3 is 2.68 bits per heavy atom. The fourth-order valence-corrected chi connectivity index (χ4v) is 2.92. The number of nitrogens with one attached hydrogen (secondary N) is 1. The fraction of sp³-hybridized carbons (Fsp3) is 0. The van der Waals surface area contributed by atoms with E-state index in [0.29, 0.717) is 0 Å². The molecular weight excluding hydrogens is 336 g/mol. The first-order valence-electron chi connectivity index (χ1n) is 7.10. The summed E-state index contributed by atoms with van der Waals surface area (Å²) in [5, 5.41) is 2.37. The quantitative estimate of drug-likeness (QED) is 0.498. The van der Waals surface area contributed by atoms with E-state index in [2.05, 4.69) is 68.4 Å². The SMILES string of the molecule is Brc1ccc2cc(C=Cc3ccc4ccccc4n3)[nH]c2c1. The van der Waals surface area contributed by atoms with Crippen LogP contribution in [0.3, 0.4) is 0 Å². The summed E-state index contributed by atoms with van der Waals surface area (Å²) in [6, 6.07) is 20.7. The molecule has 106 valence electrons. The molecule has 3 heteroatoms. The monoisotopic (exact) mass is 348 g/mol. The maximum absolute atomic E-state index is 4.65. The minimum absolute atomic E-state index is 0.957. The van der Waals surface area contributed by atoms with Crippen molar-refractivity contribution in [1.82, 2.24) is 9.97 Å². The molecule has 0 spiro atoms. The number of halogens is 1. The van der Waals surface area contributed by atoms with Crippen LogP contribution in [-0.2, 0) is 0 Å². The van der Waals surface area contributed by atoms with Crippen molar-refractivity contribution >= 4 is 49.9 Å². The number of hydrogen-bond acceptors (Lipinski definition) is 1. The zero-order valence-corrected chi connectivity index (χ0v) is 13.3. The number of pyridine rings is 1. The summed E-state index contributed by atoms with van der Waals surface area (Å²) in [6.07, 6.45) is 4.09. The highest BCUT2D eigenvalue weighted by molar-refractivity contribution is 9.10. The normalized spacial score (nSPS) is 11.7. The Balaban J connectivity index is 1.68. The van der Waals surface area contributed by atoms with Crippen LogP contribution in [0.25, 0.3) is 34.0 Å². The highest BCUT2D eigenvalue weighted by atomic mass is 79.9. The van der Waals surface area contributed by atoms with E-state index in [4.69, 9.17) is 0 Å². The second-order valence-corrected chi connectivity index (χ2v) is 6.13. The van der Waals surface area contributed by atoms with Crippen LogP contribution >= 0.6 is 15.9 Å². The predicted molar refractivity (Wildman–Crippen MR) is 96.7 cm³/mol. The number of aromatic nitrogens is 2. The molecule has 1 N–H and O–H groups in total. The molecular formula is C19H13BrN2. The van der Waals surface area contributed by atoms with E-state index in [1.54, 1.807) is 0 Å². The molecule has 2 heterocycles. The number of nitrogens with zero attached hydrogens (tertiary/aromatic N) is 1. The molecule has 2 aromatic carbocycles. The Labute approximate surface area is 136 Å². The molecule has 0 aliphatic carbocycles. The number of hydrogen-bond donors (Lipinski definition) is 1. The van der Waals surface area contributed by atoms with Gasteiger partial charge in [-0.25, -0.2) is 4.98 Å². The zero-order valence-electron chi connectivity index (χ0n) is 11.8. The van der Waals surface area contributed by atoms with Gasteiger partial charge in [-0.3, -0.25) is 0 Å². The van der Waals surface area contributed by atoms with E-state index in [0.717, 1.165) is 32.3 Å². The molecule has 0 aliphatic heterocycles. The molecule has 22 heavy (non-hydrogen) atoms. The molecule has 0 unspecified atom stereocenters. The number of rotatable bonds is 2. The van der Waals surface area contributed by atoms with Crippen molar-refractivity contribution in [2.45, 2.75) is 0 Å². The number of H-pyrrole nitrogens is 1. The van der Waals surface area contributed by atoms with Gasteiger partial charge in [-0.2, -0.15) is 0 Å². The first-order valence-corrected chi connectivity index (χ1v) is 7.89. The van der Waals surface area contributed by atoms with Gasteiger partial charge in [-0.05, 0) is 42.5 Å². The molecule has 0 amide bonds. The van der Waals surface area contributed by atoms with Crippen molar-refractivity contribution in [3.63, 3.8) is 0 Å². The predicted octanol–water partition coefficient (Wildman–Crippen LogP) is 5.65. The summed E-state index contributed by atoms with van der Waals surface area (Å²) < 4.78 is 1.08. The average molecular weight is 349 g/mol. The largest absolute Gasteiger partial charge is 0.355 e. The minimum atomic E-state index is 0.957. The maximum atomic E-state index is 4.65. The van der Waals surface area contributed by atoms with Gasteiger partial charge in [0, 0.05) is 26.5 Å². The molecule has 0 bridgehead atoms. The van der Waals surface area contributed by atoms with E-state index >= 15 is 0 Å². The number of fused-ring (bicyclic) bond motifs is 2. The summed E-state index contributed by atoms with van der Waals surface area (Å²) in [5.74, 6) is 0. The van der Waals surface area contributed by atoms with Crippen molar-refractivity contribution in [2.24, 2.45) is 0 Å². The molecule has 2 aromatic heterocycles. The van der Waals surface area contributed by atoms with Crippen molar-refractivity contribution in [3.8, 4) is 0 Å². The molecule has 0 radical (unpaired) electrons. The summed E-state index contributed by atoms with van der Waals surface area (Å²) in [5.41, 5.74) is 4.17. The Bertz CT molecular complexity index is 999. The molecule has 4 aromatic rings. The Hall–Kier alpha value is -2.39. The minimum Gasteiger partial charge on any atom is -0.355 e. The number of para-hydroxylation sites is 1. The van der Waals surface area contributed by atoms with Crippen molar-refractivity contribution in [1.29, 1.82) is 0 Å². The van der Waals surface area contributed by atoms with Crippen molar-refractivity contribution in [3.05, 3.63) is 76.5 Å². The summed E-state index contributed by atoms with van der Waals surface area (Å²) >= 11 is 3.49. The lowest BCUT2D eigenvalue weighted by Gasteiger charge is -1.98. The summed E-state index contributed by atoms with van der Waals surface area (Å²) in [6.45, 7) is 0. The van der Waals surface area contributed by atoms with Crippen LogP contribution in [-0.4, -0.2) is 9.97 Å². The first kappa shape index (κ1) is 13.3. The van der Waals surface area contributed by atoms with E-state index in [9.17, 15) is 0 Å². The third-order valence-corrected chi connectivity index (χ3v) is 4.15. The van der Waals surface area contributed by atoms with E-state index in [1.807, 2.05) is 30.3 Å². The van der Waals surface area contributed by atoms with Gasteiger partial charge in [-0.1, -0.05) is 46.3 Å². The average Bonchev–Trinajstić information content (AvgIpc) is 2.94. The molecule has 2 nitrogen and oxygen atoms in total. The first-order chi connectivity index (χ1) is 10.8. The molecule has 4 rings (SSSR count). The second-order valence-electron chi connectivity index (χ2n) is 5.22. The molecule has 0 saturated carbocycles. The van der Waals surface area contributed by atoms with Crippen LogP contribution in [0, 0.1) is 0 Å². The van der Waals surface area contributed by atoms with Crippen molar-refractivity contribution in [2.75, 3.05) is 0 Å². The Kier molecular flexibility index (Phi) is 3.28. The molecule has 0 aliphatic rings. The summed E-state index contributed by atoms with van der Waals surface area (Å²) in [4.78, 5) is 8.05. The topological polar surface area (TPSA) is 28.7 Å². The van der Waals surface area contributed by atoms with Gasteiger partial charge >= 0.3 is 0 Å². The highest BCUT2D eigenvalue weighted by Crippen LogP contribution is 2.21. The smallest absolute Gasteiger partial charge is 0.0709 e. The molecule has 0 fully saturated rings. The lowest BCUT2D eigenvalue weighted by molar-refractivity contribution is 1.37. The fourth-order valence-electron chi connectivity index (χ4n) is 2.56. The van der Waals surface area contributed by atoms with Crippen LogP contribution in [0.1, 0.15) is 11.4 Å². The van der Waals surface area contributed by atoms with E-state index < -0.39 is 0 Å². The summed E-state index contributed by atoms with van der Waals surface area (Å²) in [7, 11) is 0. The van der Waals surface area contributed by atoms with E-state index in [-0.39, 0.29) is 0 Å². The van der Waals surface area contributed by atoms with Crippen LogP contribution in [0.4, 0.5) is 0 Å². The maximum Gasteiger partial charge on any atom is 0.0709 e. The van der Waals surface area contributed by atoms with Crippen LogP contribution in [0.15, 0.2) is 65.1 Å². The standard InChI is InChI=1S/C19H13BrN2/c20-15-7-5-14-11-17(22-19(14)12-15)10-9-16-8-6-13-3-1-2-4-18(13)21-16/h1-12,22H. The lowest BCUT2D eigenvalue weighted by atomic mass is 10.2. The van der Waals surface area contributed by atoms with E-state index in [1.165, 1.54) is 5.39 Å². The third kappa shape index (κ3) is 2.55. The van der Waals surface area contributed by atoms with Gasteiger partial charge in [0.05, 0.1) is 11.2 Å².